The molecule has 0 heterocycles. The van der Waals surface area contributed by atoms with Gasteiger partial charge in [-0.3, -0.25) is 19.2 Å². The lowest BCUT2D eigenvalue weighted by Crippen LogP contribution is -2.62. The van der Waals surface area contributed by atoms with Crippen molar-refractivity contribution in [2.75, 3.05) is 12.4 Å². The number of carbonyl (C=O) groups is 5. The second kappa shape index (κ2) is 11.0. The van der Waals surface area contributed by atoms with Crippen LogP contribution < -0.4 is 5.32 Å². The first-order chi connectivity index (χ1) is 18.3. The van der Waals surface area contributed by atoms with Crippen LogP contribution in [0.1, 0.15) is 71.6 Å². The summed E-state index contributed by atoms with van der Waals surface area (Å²) in [6.45, 7) is 3.34. The normalized spacial score (nSPS) is 38.0. The molecule has 0 aromatic rings. The summed E-state index contributed by atoms with van der Waals surface area (Å²) in [5.41, 5.74) is -1.82. The minimum absolute atomic E-state index is 0.00395. The van der Waals surface area contributed by atoms with Gasteiger partial charge < -0.3 is 25.4 Å². The number of esters is 1. The molecule has 4 aliphatic rings. The van der Waals surface area contributed by atoms with Gasteiger partial charge >= 0.3 is 11.9 Å². The number of amides is 1. The molecule has 4 aliphatic carbocycles. The highest BCUT2D eigenvalue weighted by molar-refractivity contribution is 7.80. The van der Waals surface area contributed by atoms with Crippen LogP contribution in [0.25, 0.3) is 0 Å². The Bertz CT molecular complexity index is 1090. The van der Waals surface area contributed by atoms with Crippen molar-refractivity contribution in [3.05, 3.63) is 11.6 Å². The van der Waals surface area contributed by atoms with Crippen LogP contribution in [0, 0.1) is 28.6 Å². The lowest BCUT2D eigenvalue weighted by Gasteiger charge is -2.60. The fraction of sp³-hybridized carbons (Fsp3) is 0.750. The van der Waals surface area contributed by atoms with Crippen LogP contribution in [-0.4, -0.2) is 74.8 Å². The van der Waals surface area contributed by atoms with E-state index >= 15 is 0 Å². The molecule has 0 aliphatic heterocycles. The Morgan fingerprint density at radius 1 is 1.15 bits per heavy atom. The van der Waals surface area contributed by atoms with E-state index in [1.54, 1.807) is 6.08 Å². The zero-order valence-electron chi connectivity index (χ0n) is 22.5. The topological polar surface area (TPSA) is 167 Å². The summed E-state index contributed by atoms with van der Waals surface area (Å²) < 4.78 is 5.10. The quantitative estimate of drug-likeness (QED) is 0.206. The van der Waals surface area contributed by atoms with Crippen LogP contribution >= 0.6 is 12.6 Å². The van der Waals surface area contributed by atoms with Gasteiger partial charge in [0.15, 0.2) is 12.4 Å². The van der Waals surface area contributed by atoms with Gasteiger partial charge in [-0.1, -0.05) is 19.4 Å². The maximum atomic E-state index is 13.3. The van der Waals surface area contributed by atoms with Crippen molar-refractivity contribution in [1.29, 1.82) is 0 Å². The van der Waals surface area contributed by atoms with Crippen molar-refractivity contribution in [3.8, 4) is 0 Å². The van der Waals surface area contributed by atoms with E-state index in [4.69, 9.17) is 9.84 Å². The van der Waals surface area contributed by atoms with Crippen LogP contribution in [0.15, 0.2) is 11.6 Å². The minimum Gasteiger partial charge on any atom is -0.480 e. The molecule has 8 atom stereocenters. The first-order valence-electron chi connectivity index (χ1n) is 13.7. The van der Waals surface area contributed by atoms with Gasteiger partial charge in [-0.15, -0.1) is 0 Å². The Balaban J connectivity index is 1.39. The van der Waals surface area contributed by atoms with Crippen molar-refractivity contribution in [3.63, 3.8) is 0 Å². The largest absolute Gasteiger partial charge is 0.480 e. The molecule has 39 heavy (non-hydrogen) atoms. The van der Waals surface area contributed by atoms with Gasteiger partial charge in [0.25, 0.3) is 0 Å². The summed E-state index contributed by atoms with van der Waals surface area (Å²) in [5.74, 6) is -3.24. The summed E-state index contributed by atoms with van der Waals surface area (Å²) >= 11 is 3.86. The average Bonchev–Trinajstić information content (AvgIpc) is 3.15. The number of aliphatic carboxylic acids is 1. The molecule has 0 aromatic heterocycles. The van der Waals surface area contributed by atoms with E-state index in [9.17, 15) is 34.2 Å². The fourth-order valence-electron chi connectivity index (χ4n) is 8.16. The van der Waals surface area contributed by atoms with E-state index in [1.165, 1.54) is 0 Å². The summed E-state index contributed by atoms with van der Waals surface area (Å²) in [6.07, 6.45) is 4.12. The van der Waals surface area contributed by atoms with Crippen LogP contribution in [0.3, 0.4) is 0 Å². The minimum atomic E-state index is -1.76. The molecule has 10 nitrogen and oxygen atoms in total. The van der Waals surface area contributed by atoms with Crippen LogP contribution in [0.2, 0.25) is 0 Å². The standard InChI is InChI=1S/C28H39NO9S/c1-26-9-7-16(30)11-15(26)3-4-17-18-8-10-28(37,27(18,2)12-20(31)24(17)26)21(32)13-38-23(34)6-5-22(33)29-19(14-39)25(35)36/h11,17-20,24,31,37,39H,3-10,12-14H2,1-2H3,(H,29,33)(H,35,36)/t17-,18-,19-,20-,24+,26-,27-,28-/m0/s1. The van der Waals surface area contributed by atoms with Gasteiger partial charge in [0.1, 0.15) is 11.6 Å². The Hall–Kier alpha value is -2.24. The molecule has 4 N–H and O–H groups in total. The van der Waals surface area contributed by atoms with Crippen molar-refractivity contribution in [2.45, 2.75) is 89.4 Å². The van der Waals surface area contributed by atoms with Gasteiger partial charge in [0, 0.05) is 24.0 Å². The Kier molecular flexibility index (Phi) is 8.36. The van der Waals surface area contributed by atoms with E-state index in [0.717, 1.165) is 18.4 Å². The predicted octanol–water partition coefficient (Wildman–Crippen LogP) is 1.61. The first-order valence-corrected chi connectivity index (χ1v) is 14.4. The van der Waals surface area contributed by atoms with Crippen molar-refractivity contribution >= 4 is 42.0 Å². The molecular weight excluding hydrogens is 526 g/mol. The number of nitrogens with one attached hydrogen (secondary N) is 1. The van der Waals surface area contributed by atoms with Crippen LogP contribution in [-0.2, 0) is 28.7 Å². The van der Waals surface area contributed by atoms with Crippen molar-refractivity contribution < 1.29 is 44.0 Å². The number of fused-ring (bicyclic) bond motifs is 5. The molecule has 3 fully saturated rings. The third kappa shape index (κ3) is 5.17. The number of carbonyl (C=O) groups excluding carboxylic acids is 4. The lowest BCUT2D eigenvalue weighted by atomic mass is 9.45. The molecule has 0 spiro atoms. The molecule has 11 heteroatoms. The molecule has 0 unspecified atom stereocenters. The molecule has 3 saturated carbocycles. The third-order valence-corrected chi connectivity index (χ3v) is 10.6. The Morgan fingerprint density at radius 2 is 1.87 bits per heavy atom. The van der Waals surface area contributed by atoms with Gasteiger partial charge in [-0.25, -0.2) is 4.79 Å². The van der Waals surface area contributed by atoms with E-state index in [1.807, 2.05) is 6.92 Å². The summed E-state index contributed by atoms with van der Waals surface area (Å²) in [6, 6.07) is -1.18. The molecule has 1 amide bonds. The van der Waals surface area contributed by atoms with E-state index in [-0.39, 0.29) is 60.4 Å². The zero-order valence-corrected chi connectivity index (χ0v) is 23.4. The number of aliphatic hydroxyl groups is 2. The molecule has 0 bridgehead atoms. The Morgan fingerprint density at radius 3 is 2.54 bits per heavy atom. The maximum Gasteiger partial charge on any atom is 0.327 e. The number of rotatable bonds is 9. The lowest BCUT2D eigenvalue weighted by molar-refractivity contribution is -0.184. The Labute approximate surface area is 233 Å². The smallest absolute Gasteiger partial charge is 0.327 e. The second-order valence-corrected chi connectivity index (χ2v) is 12.6. The molecule has 216 valence electrons. The van der Waals surface area contributed by atoms with Gasteiger partial charge in [0.05, 0.1) is 12.5 Å². The number of Topliss-reactive ketones (excluding diaryl/α,β-unsaturated/α-hetero) is 1. The van der Waals surface area contributed by atoms with Crippen LogP contribution in [0.5, 0.6) is 0 Å². The number of hydrogen-bond acceptors (Lipinski definition) is 9. The monoisotopic (exact) mass is 565 g/mol. The summed E-state index contributed by atoms with van der Waals surface area (Å²) in [4.78, 5) is 60.5. The van der Waals surface area contributed by atoms with E-state index in [0.29, 0.717) is 19.3 Å². The molecule has 0 radical (unpaired) electrons. The number of ether oxygens (including phenoxy) is 1. The van der Waals surface area contributed by atoms with E-state index in [2.05, 4.69) is 24.9 Å². The van der Waals surface area contributed by atoms with Gasteiger partial charge in [-0.05, 0) is 67.8 Å². The fourth-order valence-corrected chi connectivity index (χ4v) is 8.40. The first kappa shape index (κ1) is 29.7. The number of allylic oxidation sites excluding steroid dienone is 1. The number of thiol groups is 1. The van der Waals surface area contributed by atoms with Gasteiger partial charge in [0.2, 0.25) is 11.7 Å². The number of carboxylic acids is 1. The highest BCUT2D eigenvalue weighted by Crippen LogP contribution is 2.67. The second-order valence-electron chi connectivity index (χ2n) is 12.2. The third-order valence-electron chi connectivity index (χ3n) is 10.2. The number of aliphatic hydroxyl groups excluding tert-OH is 1. The molecule has 4 rings (SSSR count). The number of ketones is 2. The van der Waals surface area contributed by atoms with Crippen molar-refractivity contribution in [1.82, 2.24) is 5.32 Å². The van der Waals surface area contributed by atoms with Crippen LogP contribution in [0.4, 0.5) is 0 Å². The highest BCUT2D eigenvalue weighted by atomic mass is 32.1. The zero-order chi connectivity index (χ0) is 28.8. The molecule has 0 aromatic carbocycles. The predicted molar refractivity (Wildman–Crippen MR) is 142 cm³/mol. The SMILES string of the molecule is C[C@]12CCC(=O)C=C1CC[C@@H]1[C@@H]2[C@@H](O)C[C@@]2(C)[C@H]1CC[C@]2(O)C(=O)COC(=O)CCC(=O)N[C@@H](CS)C(=O)O. The van der Waals surface area contributed by atoms with Gasteiger partial charge in [-0.2, -0.15) is 12.6 Å². The number of hydrogen-bond donors (Lipinski definition) is 5. The molecular formula is C28H39NO9S. The maximum absolute atomic E-state index is 13.3. The van der Waals surface area contributed by atoms with Crippen molar-refractivity contribution in [2.24, 2.45) is 28.6 Å². The summed E-state index contributed by atoms with van der Waals surface area (Å²) in [5, 5.41) is 34.4. The van der Waals surface area contributed by atoms with E-state index < -0.39 is 53.4 Å². The number of carboxylic acid groups (broad SMARTS) is 1. The highest BCUT2D eigenvalue weighted by Gasteiger charge is 2.68. The average molecular weight is 566 g/mol. The summed E-state index contributed by atoms with van der Waals surface area (Å²) in [7, 11) is 0. The molecule has 0 saturated heterocycles.